The Morgan fingerprint density at radius 2 is 0.581 bits per heavy atom. The summed E-state index contributed by atoms with van der Waals surface area (Å²) in [6.07, 6.45) is 0. The molecule has 0 saturated heterocycles. The number of rotatable bonds is 6. The minimum absolute atomic E-state index is 0.164. The van der Waals surface area contributed by atoms with E-state index < -0.39 is 0 Å². The third-order valence-electron chi connectivity index (χ3n) is 14.3. The number of benzene rings is 9. The first kappa shape index (κ1) is 38.1. The topological polar surface area (TPSA) is 6.48 Å². The minimum atomic E-state index is -0.164. The molecule has 0 amide bonds. The molecule has 0 atom stereocenters. The van der Waals surface area contributed by atoms with Gasteiger partial charge in [0.05, 0.1) is 0 Å². The van der Waals surface area contributed by atoms with Crippen LogP contribution >= 0.6 is 0 Å². The summed E-state index contributed by atoms with van der Waals surface area (Å²) in [6.45, 7) is 18.5. The van der Waals surface area contributed by atoms with Gasteiger partial charge >= 0.3 is 0 Å². The van der Waals surface area contributed by atoms with Crippen molar-refractivity contribution in [2.45, 2.75) is 66.2 Å². The van der Waals surface area contributed by atoms with Crippen LogP contribution in [0.2, 0.25) is 0 Å². The highest BCUT2D eigenvalue weighted by Gasteiger charge is 2.42. The first-order valence-electron chi connectivity index (χ1n) is 22.1. The molecule has 2 heteroatoms. The van der Waals surface area contributed by atoms with Crippen molar-refractivity contribution in [1.29, 1.82) is 0 Å². The van der Waals surface area contributed by atoms with Gasteiger partial charge in [-0.25, -0.2) is 0 Å². The van der Waals surface area contributed by atoms with Gasteiger partial charge in [-0.2, -0.15) is 0 Å². The molecule has 0 heterocycles. The molecular weight excluding hydrogens is 749 g/mol. The zero-order chi connectivity index (χ0) is 42.7. The van der Waals surface area contributed by atoms with Gasteiger partial charge in [0.25, 0.3) is 0 Å². The molecular formula is C60H52N2. The van der Waals surface area contributed by atoms with Gasteiger partial charge in [0.15, 0.2) is 0 Å². The number of fused-ring (bicyclic) bond motifs is 8. The zero-order valence-corrected chi connectivity index (χ0v) is 37.1. The molecule has 0 spiro atoms. The van der Waals surface area contributed by atoms with Gasteiger partial charge in [0.1, 0.15) is 0 Å². The van der Waals surface area contributed by atoms with E-state index in [1.54, 1.807) is 0 Å². The fourth-order valence-electron chi connectivity index (χ4n) is 10.8. The van der Waals surface area contributed by atoms with Gasteiger partial charge in [-0.3, -0.25) is 0 Å². The predicted molar refractivity (Wildman–Crippen MR) is 265 cm³/mol. The summed E-state index contributed by atoms with van der Waals surface area (Å²) in [5.74, 6) is 0. The third kappa shape index (κ3) is 5.69. The first-order chi connectivity index (χ1) is 29.9. The Labute approximate surface area is 366 Å². The number of aryl methyl sites for hydroxylation is 4. The summed E-state index contributed by atoms with van der Waals surface area (Å²) in [5, 5.41) is 5.06. The molecule has 2 nitrogen and oxygen atoms in total. The van der Waals surface area contributed by atoms with Crippen molar-refractivity contribution < 1.29 is 0 Å². The van der Waals surface area contributed by atoms with Crippen LogP contribution in [0.3, 0.4) is 0 Å². The Hall–Kier alpha value is -6.90. The number of para-hydroxylation sites is 4. The highest BCUT2D eigenvalue weighted by atomic mass is 15.2. The van der Waals surface area contributed by atoms with Crippen molar-refractivity contribution in [2.24, 2.45) is 0 Å². The Bertz CT molecular complexity index is 3000. The molecule has 0 saturated carbocycles. The molecule has 0 N–H and O–H groups in total. The average molecular weight is 801 g/mol. The molecule has 2 aliphatic rings. The molecule has 0 aromatic heterocycles. The van der Waals surface area contributed by atoms with E-state index in [2.05, 4.69) is 235 Å². The highest BCUT2D eigenvalue weighted by molar-refractivity contribution is 6.00. The second-order valence-electron chi connectivity index (χ2n) is 18.9. The number of hydrogen-bond donors (Lipinski definition) is 0. The second-order valence-corrected chi connectivity index (χ2v) is 18.9. The van der Waals surface area contributed by atoms with E-state index in [1.165, 1.54) is 122 Å². The minimum Gasteiger partial charge on any atom is -0.310 e. The maximum Gasteiger partial charge on any atom is 0.0490 e. The maximum atomic E-state index is 2.55. The van der Waals surface area contributed by atoms with E-state index in [0.717, 1.165) is 0 Å². The lowest BCUT2D eigenvalue weighted by molar-refractivity contribution is 0.653. The molecule has 9 aromatic carbocycles. The van der Waals surface area contributed by atoms with Crippen molar-refractivity contribution >= 4 is 55.7 Å². The van der Waals surface area contributed by atoms with E-state index in [0.29, 0.717) is 0 Å². The van der Waals surface area contributed by atoms with Gasteiger partial charge < -0.3 is 9.80 Å². The van der Waals surface area contributed by atoms with Crippen LogP contribution in [0, 0.1) is 27.7 Å². The number of nitrogens with zero attached hydrogens (tertiary/aromatic N) is 2. The Kier molecular flexibility index (Phi) is 8.48. The molecule has 2 aliphatic carbocycles. The summed E-state index contributed by atoms with van der Waals surface area (Å²) in [5.41, 5.74) is 22.9. The molecule has 0 bridgehead atoms. The third-order valence-corrected chi connectivity index (χ3v) is 14.3. The zero-order valence-electron chi connectivity index (χ0n) is 37.1. The highest BCUT2D eigenvalue weighted by Crippen LogP contribution is 2.57. The summed E-state index contributed by atoms with van der Waals surface area (Å²) >= 11 is 0. The summed E-state index contributed by atoms with van der Waals surface area (Å²) in [7, 11) is 0. The van der Waals surface area contributed by atoms with Gasteiger partial charge in [-0.1, -0.05) is 113 Å². The van der Waals surface area contributed by atoms with Crippen LogP contribution in [0.15, 0.2) is 170 Å². The Morgan fingerprint density at radius 3 is 0.903 bits per heavy atom. The van der Waals surface area contributed by atoms with E-state index in [-0.39, 0.29) is 10.8 Å². The van der Waals surface area contributed by atoms with Crippen LogP contribution in [-0.2, 0) is 10.8 Å². The van der Waals surface area contributed by atoms with Crippen LogP contribution in [0.5, 0.6) is 0 Å². The normalized spacial score (nSPS) is 14.1. The SMILES string of the molecule is Cc1ccccc1N(c1ccc2cc3c(cc2c1)C(C)(C)c1cc2c(cc1-3)C(C)(C)c1cc3cc(N(c4ccccc4C)c4ccccc4C)ccc3cc1-2)c1ccccc1C. The summed E-state index contributed by atoms with van der Waals surface area (Å²) < 4.78 is 0. The van der Waals surface area contributed by atoms with Gasteiger partial charge in [0.2, 0.25) is 0 Å². The lowest BCUT2D eigenvalue weighted by Crippen LogP contribution is -2.17. The monoisotopic (exact) mass is 800 g/mol. The quantitative estimate of drug-likeness (QED) is 0.165. The average Bonchev–Trinajstić information content (AvgIpc) is 3.61. The van der Waals surface area contributed by atoms with Crippen LogP contribution < -0.4 is 9.80 Å². The largest absolute Gasteiger partial charge is 0.310 e. The summed E-state index contributed by atoms with van der Waals surface area (Å²) in [6, 6.07) is 63.8. The van der Waals surface area contributed by atoms with Gasteiger partial charge in [-0.05, 0) is 201 Å². The van der Waals surface area contributed by atoms with E-state index in [9.17, 15) is 0 Å². The van der Waals surface area contributed by atoms with Crippen LogP contribution in [-0.4, -0.2) is 0 Å². The fourth-order valence-corrected chi connectivity index (χ4v) is 10.8. The molecule has 0 unspecified atom stereocenters. The molecule has 0 aliphatic heterocycles. The summed E-state index contributed by atoms with van der Waals surface area (Å²) in [4.78, 5) is 4.85. The Balaban J connectivity index is 1.01. The number of anilines is 6. The van der Waals surface area contributed by atoms with E-state index >= 15 is 0 Å². The van der Waals surface area contributed by atoms with Crippen molar-refractivity contribution in [3.05, 3.63) is 214 Å². The van der Waals surface area contributed by atoms with Crippen LogP contribution in [0.25, 0.3) is 43.8 Å². The maximum absolute atomic E-state index is 2.55. The predicted octanol–water partition coefficient (Wildman–Crippen LogP) is 16.8. The lowest BCUT2D eigenvalue weighted by Gasteiger charge is -2.29. The van der Waals surface area contributed by atoms with Gasteiger partial charge in [0, 0.05) is 45.0 Å². The van der Waals surface area contributed by atoms with Gasteiger partial charge in [-0.15, -0.1) is 0 Å². The van der Waals surface area contributed by atoms with Crippen molar-refractivity contribution in [3.8, 4) is 22.3 Å². The molecule has 0 fully saturated rings. The standard InChI is InChI=1S/C60H52N2/c1-37-17-9-13-21-55(37)61(56-22-14-10-18-38(56)2)45-27-25-41-31-47-49-35-54-50(36-53(49)59(5,6)51(47)33-43(41)29-45)48-32-42-26-28-46(30-44(42)34-52(48)60(54,7)8)62(57-23-15-11-19-39(57)3)58-24-16-12-20-40(58)4/h9-36H,1-8H3. The number of hydrogen-bond acceptors (Lipinski definition) is 2. The van der Waals surface area contributed by atoms with Crippen LogP contribution in [0.1, 0.15) is 72.2 Å². The molecule has 11 rings (SSSR count). The molecule has 0 radical (unpaired) electrons. The van der Waals surface area contributed by atoms with Crippen molar-refractivity contribution in [1.82, 2.24) is 0 Å². The van der Waals surface area contributed by atoms with Crippen molar-refractivity contribution in [3.63, 3.8) is 0 Å². The lowest BCUT2D eigenvalue weighted by atomic mass is 9.79. The molecule has 9 aromatic rings. The molecule has 62 heavy (non-hydrogen) atoms. The smallest absolute Gasteiger partial charge is 0.0490 e. The second kappa shape index (κ2) is 13.8. The van der Waals surface area contributed by atoms with E-state index in [4.69, 9.17) is 0 Å². The van der Waals surface area contributed by atoms with E-state index in [1.807, 2.05) is 0 Å². The first-order valence-corrected chi connectivity index (χ1v) is 22.1. The van der Waals surface area contributed by atoms with Crippen molar-refractivity contribution in [2.75, 3.05) is 9.80 Å². The fraction of sp³-hybridized carbons (Fsp3) is 0.167. The molecule has 302 valence electrons. The Morgan fingerprint density at radius 1 is 0.290 bits per heavy atom. The van der Waals surface area contributed by atoms with Crippen LogP contribution in [0.4, 0.5) is 34.1 Å².